The van der Waals surface area contributed by atoms with Crippen molar-refractivity contribution >= 4 is 38.0 Å². The van der Waals surface area contributed by atoms with E-state index in [9.17, 15) is 8.42 Å². The highest BCUT2D eigenvalue weighted by Crippen LogP contribution is 2.26. The van der Waals surface area contributed by atoms with Crippen molar-refractivity contribution in [2.45, 2.75) is 40.3 Å². The first-order valence-corrected chi connectivity index (χ1v) is 12.9. The Morgan fingerprint density at radius 3 is 2.34 bits per heavy atom. The van der Waals surface area contributed by atoms with E-state index in [1.165, 1.54) is 16.9 Å². The lowest BCUT2D eigenvalue weighted by atomic mass is 10.2. The molecule has 0 amide bonds. The van der Waals surface area contributed by atoms with Gasteiger partial charge in [0.15, 0.2) is 0 Å². The van der Waals surface area contributed by atoms with Crippen molar-refractivity contribution < 1.29 is 17.5 Å². The van der Waals surface area contributed by atoms with Crippen molar-refractivity contribution in [2.24, 2.45) is 10.2 Å². The summed E-state index contributed by atoms with van der Waals surface area (Å²) in [6.07, 6.45) is 0.312. The topological polar surface area (TPSA) is 86.2 Å². The third-order valence-corrected chi connectivity index (χ3v) is 7.13. The van der Waals surface area contributed by atoms with E-state index in [4.69, 9.17) is 4.55 Å². The zero-order valence-electron chi connectivity index (χ0n) is 18.6. The maximum absolute atomic E-state index is 11.0. The summed E-state index contributed by atoms with van der Waals surface area (Å²) in [5, 5.41) is 9.51. The number of nitrogens with zero attached hydrogens (tertiary/aromatic N) is 4. The van der Waals surface area contributed by atoms with Crippen LogP contribution < -0.4 is 9.47 Å². The Bertz CT molecular complexity index is 1160. The molecule has 3 aromatic rings. The summed E-state index contributed by atoms with van der Waals surface area (Å²) in [6.45, 7) is 8.30. The molecule has 0 aliphatic heterocycles. The molecular weight excluding hydrogens is 444 g/mol. The maximum Gasteiger partial charge on any atom is 0.408 e. The molecule has 1 N–H and O–H groups in total. The molecule has 0 bridgehead atoms. The Morgan fingerprint density at radius 1 is 1.03 bits per heavy atom. The Morgan fingerprint density at radius 2 is 1.72 bits per heavy atom. The van der Waals surface area contributed by atoms with Crippen molar-refractivity contribution in [1.29, 1.82) is 0 Å². The Hall–Kier alpha value is -2.62. The van der Waals surface area contributed by atoms with Gasteiger partial charge in [-0.1, -0.05) is 30.3 Å². The number of benzene rings is 2. The van der Waals surface area contributed by atoms with Gasteiger partial charge in [0.2, 0.25) is 0 Å². The summed E-state index contributed by atoms with van der Waals surface area (Å²) in [7, 11) is -3.97. The van der Waals surface area contributed by atoms with E-state index in [1.54, 1.807) is 0 Å². The van der Waals surface area contributed by atoms with Crippen molar-refractivity contribution in [3.63, 3.8) is 0 Å². The number of hydrogen-bond acceptors (Lipinski definition) is 6. The van der Waals surface area contributed by atoms with Gasteiger partial charge in [-0.05, 0) is 67.1 Å². The van der Waals surface area contributed by atoms with Crippen molar-refractivity contribution in [3.05, 3.63) is 70.7 Å². The smallest absolute Gasteiger partial charge is 0.367 e. The zero-order chi connectivity index (χ0) is 23.1. The predicted molar refractivity (Wildman–Crippen MR) is 129 cm³/mol. The van der Waals surface area contributed by atoms with Crippen LogP contribution in [0.1, 0.15) is 29.5 Å². The van der Waals surface area contributed by atoms with E-state index in [1.807, 2.05) is 48.7 Å². The third-order valence-electron chi connectivity index (χ3n) is 5.24. The molecule has 0 saturated carbocycles. The van der Waals surface area contributed by atoms with Gasteiger partial charge in [0.25, 0.3) is 10.1 Å². The van der Waals surface area contributed by atoms with Gasteiger partial charge in [0.05, 0.1) is 22.3 Å². The minimum absolute atomic E-state index is 0.275. The summed E-state index contributed by atoms with van der Waals surface area (Å²) < 4.78 is 32.9. The van der Waals surface area contributed by atoms with Gasteiger partial charge in [0, 0.05) is 25.2 Å². The lowest BCUT2D eigenvalue weighted by Gasteiger charge is -2.23. The van der Waals surface area contributed by atoms with Crippen molar-refractivity contribution in [2.75, 3.05) is 17.2 Å². The van der Waals surface area contributed by atoms with Crippen LogP contribution in [0.25, 0.3) is 0 Å². The van der Waals surface area contributed by atoms with Gasteiger partial charge in [-0.25, -0.2) is 4.57 Å². The molecule has 0 saturated heterocycles. The standard InChI is InChI=1S/C23H28N4O3S2/c1-4-26(17-20-9-6-5-7-10-20)22-13-11-21(12-14-22)24-25-23-27(18(2)19(3)31-23)15-8-16-32(28,29)30/h5-7,9-14H,4,8,15-17H2,1-3H3/p+1. The normalized spacial score (nSPS) is 11.9. The molecule has 170 valence electrons. The minimum Gasteiger partial charge on any atom is -0.367 e. The molecule has 32 heavy (non-hydrogen) atoms. The minimum atomic E-state index is -3.97. The molecule has 0 unspecified atom stereocenters. The molecule has 1 heterocycles. The number of anilines is 1. The van der Waals surface area contributed by atoms with Gasteiger partial charge in [-0.2, -0.15) is 8.42 Å². The third kappa shape index (κ3) is 6.69. The maximum atomic E-state index is 11.0. The highest BCUT2D eigenvalue weighted by Gasteiger charge is 2.20. The fourth-order valence-electron chi connectivity index (χ4n) is 3.36. The van der Waals surface area contributed by atoms with E-state index >= 15 is 0 Å². The lowest BCUT2D eigenvalue weighted by molar-refractivity contribution is -0.686. The van der Waals surface area contributed by atoms with E-state index in [-0.39, 0.29) is 5.75 Å². The van der Waals surface area contributed by atoms with Crippen LogP contribution in [-0.4, -0.2) is 25.3 Å². The second kappa shape index (κ2) is 10.8. The fraction of sp³-hybridized carbons (Fsp3) is 0.348. The van der Waals surface area contributed by atoms with Crippen LogP contribution in [-0.2, 0) is 23.2 Å². The first kappa shape index (κ1) is 24.0. The molecule has 0 radical (unpaired) electrons. The number of hydrogen-bond donors (Lipinski definition) is 1. The predicted octanol–water partition coefficient (Wildman–Crippen LogP) is 5.37. The highest BCUT2D eigenvalue weighted by molar-refractivity contribution is 7.85. The van der Waals surface area contributed by atoms with Gasteiger partial charge in [-0.3, -0.25) is 4.55 Å². The average Bonchev–Trinajstić information content (AvgIpc) is 3.04. The van der Waals surface area contributed by atoms with Crippen molar-refractivity contribution in [1.82, 2.24) is 0 Å². The molecule has 1 aromatic heterocycles. The molecule has 2 aromatic carbocycles. The Labute approximate surface area is 193 Å². The van der Waals surface area contributed by atoms with Crippen LogP contribution in [0.4, 0.5) is 16.5 Å². The summed E-state index contributed by atoms with van der Waals surface area (Å²) in [4.78, 5) is 3.39. The molecule has 3 rings (SSSR count). The van der Waals surface area contributed by atoms with Crippen molar-refractivity contribution in [3.8, 4) is 0 Å². The van der Waals surface area contributed by atoms with Crippen LogP contribution in [0.5, 0.6) is 0 Å². The number of azo groups is 1. The van der Waals surface area contributed by atoms with Crippen LogP contribution in [0, 0.1) is 13.8 Å². The van der Waals surface area contributed by atoms with E-state index < -0.39 is 10.1 Å². The molecule has 7 nitrogen and oxygen atoms in total. The second-order valence-corrected chi connectivity index (χ2v) is 10.3. The first-order chi connectivity index (χ1) is 15.3. The molecule has 0 atom stereocenters. The molecular formula is C23H29N4O3S2+. The monoisotopic (exact) mass is 473 g/mol. The van der Waals surface area contributed by atoms with Gasteiger partial charge >= 0.3 is 5.13 Å². The van der Waals surface area contributed by atoms with E-state index in [0.717, 1.165) is 35.0 Å². The second-order valence-electron chi connectivity index (χ2n) is 7.53. The molecule has 0 fully saturated rings. The zero-order valence-corrected chi connectivity index (χ0v) is 20.2. The summed E-state index contributed by atoms with van der Waals surface area (Å²) in [5.41, 5.74) is 4.16. The van der Waals surface area contributed by atoms with Crippen LogP contribution in [0.15, 0.2) is 64.8 Å². The van der Waals surface area contributed by atoms with E-state index in [2.05, 4.69) is 46.3 Å². The quantitative estimate of drug-likeness (QED) is 0.244. The van der Waals surface area contributed by atoms with Crippen LogP contribution in [0.2, 0.25) is 0 Å². The summed E-state index contributed by atoms with van der Waals surface area (Å²) >= 11 is 1.51. The Balaban J connectivity index is 1.71. The lowest BCUT2D eigenvalue weighted by Crippen LogP contribution is -2.36. The van der Waals surface area contributed by atoms with Crippen LogP contribution >= 0.6 is 11.3 Å². The van der Waals surface area contributed by atoms with Gasteiger partial charge in [0.1, 0.15) is 11.4 Å². The Kier molecular flexibility index (Phi) is 8.11. The number of thiazole rings is 1. The number of rotatable bonds is 10. The average molecular weight is 474 g/mol. The van der Waals surface area contributed by atoms with Gasteiger partial charge < -0.3 is 4.90 Å². The fourth-order valence-corrected chi connectivity index (χ4v) is 4.81. The highest BCUT2D eigenvalue weighted by atomic mass is 32.2. The number of aromatic nitrogens is 1. The molecule has 0 spiro atoms. The van der Waals surface area contributed by atoms with E-state index in [0.29, 0.717) is 18.1 Å². The van der Waals surface area contributed by atoms with Crippen LogP contribution in [0.3, 0.4) is 0 Å². The number of aryl methyl sites for hydroxylation is 1. The summed E-state index contributed by atoms with van der Waals surface area (Å²) in [5.74, 6) is -0.275. The molecule has 0 aliphatic rings. The molecule has 9 heteroatoms. The largest absolute Gasteiger partial charge is 0.408 e. The van der Waals surface area contributed by atoms with Gasteiger partial charge in [-0.15, -0.1) is 0 Å². The SMILES string of the molecule is CCN(Cc1ccccc1)c1ccc(N=Nc2sc(C)c(C)[n+]2CCCS(=O)(=O)O)cc1. The summed E-state index contributed by atoms with van der Waals surface area (Å²) in [6, 6.07) is 18.4. The first-order valence-electron chi connectivity index (χ1n) is 10.5. The molecule has 0 aliphatic carbocycles.